The number of rotatable bonds is 4. The molecule has 2 aromatic carbocycles. The van der Waals surface area contributed by atoms with Gasteiger partial charge in [0.2, 0.25) is 5.90 Å². The Morgan fingerprint density at radius 3 is 2.44 bits per heavy atom. The predicted molar refractivity (Wildman–Crippen MR) is 94.5 cm³/mol. The van der Waals surface area contributed by atoms with Crippen LogP contribution in [0.1, 0.15) is 11.1 Å². The Morgan fingerprint density at radius 1 is 1.12 bits per heavy atom. The molecule has 25 heavy (non-hydrogen) atoms. The lowest BCUT2D eigenvalue weighted by atomic mass is 10.1. The van der Waals surface area contributed by atoms with E-state index in [9.17, 15) is 14.9 Å². The van der Waals surface area contributed by atoms with Gasteiger partial charge in [0.1, 0.15) is 5.56 Å². The average Bonchev–Trinajstić information content (AvgIpc) is 2.96. The molecule has 0 amide bonds. The lowest BCUT2D eigenvalue weighted by Gasteiger charge is -2.11. The molecule has 126 valence electrons. The summed E-state index contributed by atoms with van der Waals surface area (Å²) in [4.78, 5) is 28.7. The van der Waals surface area contributed by atoms with E-state index in [1.165, 1.54) is 12.1 Å². The summed E-state index contributed by atoms with van der Waals surface area (Å²) in [5, 5.41) is 11.1. The van der Waals surface area contributed by atoms with Crippen LogP contribution in [0.2, 0.25) is 0 Å². The standard InChI is InChI=1S/C18H15N3O4/c1-20(2)13-9-7-12(8-10-13)11-15-18(22)25-17(19-15)14-5-3-4-6-16(14)21(23)24/h3-11H,1-2H3/b15-11+. The molecule has 0 bridgehead atoms. The summed E-state index contributed by atoms with van der Waals surface area (Å²) in [7, 11) is 3.87. The molecule has 0 fully saturated rings. The van der Waals surface area contributed by atoms with Crippen LogP contribution < -0.4 is 4.90 Å². The van der Waals surface area contributed by atoms with Crippen molar-refractivity contribution in [2.45, 2.75) is 0 Å². The number of ether oxygens (including phenoxy) is 1. The Morgan fingerprint density at radius 2 is 1.80 bits per heavy atom. The number of carbonyl (C=O) groups excluding carboxylic acids is 1. The second-order valence-corrected chi connectivity index (χ2v) is 5.60. The van der Waals surface area contributed by atoms with Crippen LogP contribution in [0.3, 0.4) is 0 Å². The van der Waals surface area contributed by atoms with Crippen molar-refractivity contribution in [3.63, 3.8) is 0 Å². The van der Waals surface area contributed by atoms with Crippen molar-refractivity contribution in [2.75, 3.05) is 19.0 Å². The van der Waals surface area contributed by atoms with Gasteiger partial charge in [-0.1, -0.05) is 24.3 Å². The zero-order valence-electron chi connectivity index (χ0n) is 13.7. The van der Waals surface area contributed by atoms with E-state index >= 15 is 0 Å². The minimum absolute atomic E-state index is 0.0616. The van der Waals surface area contributed by atoms with Crippen LogP contribution in [-0.4, -0.2) is 30.9 Å². The third-order valence-electron chi connectivity index (χ3n) is 3.66. The smallest absolute Gasteiger partial charge is 0.363 e. The number of nitrogens with zero attached hydrogens (tertiary/aromatic N) is 3. The van der Waals surface area contributed by atoms with Gasteiger partial charge in [-0.25, -0.2) is 9.79 Å². The second-order valence-electron chi connectivity index (χ2n) is 5.60. The highest BCUT2D eigenvalue weighted by Crippen LogP contribution is 2.25. The van der Waals surface area contributed by atoms with Gasteiger partial charge in [0.25, 0.3) is 5.69 Å². The molecule has 0 aliphatic carbocycles. The first kappa shape index (κ1) is 16.4. The molecule has 0 atom stereocenters. The Bertz CT molecular complexity index is 899. The summed E-state index contributed by atoms with van der Waals surface area (Å²) in [6.07, 6.45) is 1.59. The van der Waals surface area contributed by atoms with Crippen LogP contribution in [0.15, 0.2) is 59.2 Å². The molecule has 0 saturated carbocycles. The number of cyclic esters (lactones) is 1. The van der Waals surface area contributed by atoms with Gasteiger partial charge in [-0.05, 0) is 29.8 Å². The highest BCUT2D eigenvalue weighted by Gasteiger charge is 2.28. The third kappa shape index (κ3) is 3.40. The number of nitro groups is 1. The lowest BCUT2D eigenvalue weighted by molar-refractivity contribution is -0.385. The van der Waals surface area contributed by atoms with Crippen molar-refractivity contribution in [1.82, 2.24) is 0 Å². The van der Waals surface area contributed by atoms with Gasteiger partial charge in [-0.15, -0.1) is 0 Å². The van der Waals surface area contributed by atoms with Crippen molar-refractivity contribution in [1.29, 1.82) is 0 Å². The minimum Gasteiger partial charge on any atom is -0.402 e. The summed E-state index contributed by atoms with van der Waals surface area (Å²) in [5.41, 5.74) is 1.92. The Balaban J connectivity index is 1.94. The summed E-state index contributed by atoms with van der Waals surface area (Å²) < 4.78 is 5.12. The summed E-state index contributed by atoms with van der Waals surface area (Å²) in [5.74, 6) is -0.696. The minimum atomic E-state index is -0.634. The largest absolute Gasteiger partial charge is 0.402 e. The van der Waals surface area contributed by atoms with E-state index in [1.807, 2.05) is 43.3 Å². The normalized spacial score (nSPS) is 15.0. The molecule has 7 heteroatoms. The van der Waals surface area contributed by atoms with Gasteiger partial charge >= 0.3 is 5.97 Å². The molecule has 3 rings (SSSR count). The number of anilines is 1. The molecule has 0 spiro atoms. The third-order valence-corrected chi connectivity index (χ3v) is 3.66. The predicted octanol–water partition coefficient (Wildman–Crippen LogP) is 3.01. The highest BCUT2D eigenvalue weighted by molar-refractivity contribution is 6.14. The van der Waals surface area contributed by atoms with Crippen molar-refractivity contribution >= 4 is 29.3 Å². The van der Waals surface area contributed by atoms with Crippen LogP contribution in [0.5, 0.6) is 0 Å². The van der Waals surface area contributed by atoms with Crippen LogP contribution in [0.25, 0.3) is 6.08 Å². The van der Waals surface area contributed by atoms with Gasteiger partial charge in [0.15, 0.2) is 5.70 Å². The number of hydrogen-bond donors (Lipinski definition) is 0. The number of nitro benzene ring substituents is 1. The van der Waals surface area contributed by atoms with Crippen molar-refractivity contribution in [3.8, 4) is 0 Å². The maximum Gasteiger partial charge on any atom is 0.363 e. The molecule has 0 unspecified atom stereocenters. The number of esters is 1. The van der Waals surface area contributed by atoms with Crippen LogP contribution in [0.4, 0.5) is 11.4 Å². The molecule has 2 aromatic rings. The zero-order valence-corrected chi connectivity index (χ0v) is 13.7. The zero-order chi connectivity index (χ0) is 18.0. The fraction of sp³-hybridized carbons (Fsp3) is 0.111. The van der Waals surface area contributed by atoms with Crippen LogP contribution >= 0.6 is 0 Å². The van der Waals surface area contributed by atoms with Crippen LogP contribution in [0, 0.1) is 10.1 Å². The molecule has 1 aliphatic rings. The van der Waals surface area contributed by atoms with Gasteiger partial charge in [0.05, 0.1) is 4.92 Å². The molecule has 7 nitrogen and oxygen atoms in total. The summed E-state index contributed by atoms with van der Waals surface area (Å²) >= 11 is 0. The molecule has 0 saturated heterocycles. The number of benzene rings is 2. The molecule has 1 heterocycles. The Hall–Kier alpha value is -3.48. The van der Waals surface area contributed by atoms with Crippen LogP contribution in [-0.2, 0) is 9.53 Å². The number of para-hydroxylation sites is 1. The van der Waals surface area contributed by atoms with E-state index in [4.69, 9.17) is 4.74 Å². The van der Waals surface area contributed by atoms with Gasteiger partial charge in [-0.3, -0.25) is 10.1 Å². The van der Waals surface area contributed by atoms with Crippen molar-refractivity contribution in [3.05, 3.63) is 75.5 Å². The second kappa shape index (κ2) is 6.56. The highest BCUT2D eigenvalue weighted by atomic mass is 16.6. The Kier molecular flexibility index (Phi) is 4.30. The quantitative estimate of drug-likeness (QED) is 0.370. The number of carbonyl (C=O) groups is 1. The SMILES string of the molecule is CN(C)c1ccc(/C=C2/N=C(c3ccccc3[N+](=O)[O-])OC2=O)cc1. The fourth-order valence-corrected chi connectivity index (χ4v) is 2.36. The first-order valence-electron chi connectivity index (χ1n) is 7.49. The van der Waals surface area contributed by atoms with E-state index in [0.717, 1.165) is 11.3 Å². The van der Waals surface area contributed by atoms with E-state index in [0.29, 0.717) is 0 Å². The summed E-state index contributed by atoms with van der Waals surface area (Å²) in [6.45, 7) is 0. The van der Waals surface area contributed by atoms with E-state index in [1.54, 1.807) is 18.2 Å². The maximum absolute atomic E-state index is 12.0. The lowest BCUT2D eigenvalue weighted by Crippen LogP contribution is -2.08. The summed E-state index contributed by atoms with van der Waals surface area (Å²) in [6, 6.07) is 13.6. The molecular weight excluding hydrogens is 322 g/mol. The van der Waals surface area contributed by atoms with E-state index < -0.39 is 10.9 Å². The monoisotopic (exact) mass is 337 g/mol. The molecular formula is C18H15N3O4. The maximum atomic E-state index is 12.0. The average molecular weight is 337 g/mol. The first-order valence-corrected chi connectivity index (χ1v) is 7.49. The van der Waals surface area contributed by atoms with E-state index in [2.05, 4.69) is 4.99 Å². The molecule has 0 N–H and O–H groups in total. The van der Waals surface area contributed by atoms with Gasteiger partial charge in [0, 0.05) is 25.8 Å². The molecule has 0 aromatic heterocycles. The molecule has 1 aliphatic heterocycles. The van der Waals surface area contributed by atoms with Crippen molar-refractivity contribution < 1.29 is 14.5 Å². The first-order chi connectivity index (χ1) is 12.0. The van der Waals surface area contributed by atoms with E-state index in [-0.39, 0.29) is 22.8 Å². The van der Waals surface area contributed by atoms with Gasteiger partial charge in [-0.2, -0.15) is 0 Å². The topological polar surface area (TPSA) is 85.0 Å². The number of hydrogen-bond acceptors (Lipinski definition) is 6. The molecule has 0 radical (unpaired) electrons. The van der Waals surface area contributed by atoms with Gasteiger partial charge < -0.3 is 9.64 Å². The number of aliphatic imine (C=N–C) groups is 1. The Labute approximate surface area is 144 Å². The van der Waals surface area contributed by atoms with Crippen molar-refractivity contribution in [2.24, 2.45) is 4.99 Å². The fourth-order valence-electron chi connectivity index (χ4n) is 2.36.